The molecule has 114 valence electrons. The maximum atomic E-state index is 12.3. The van der Waals surface area contributed by atoms with Crippen LogP contribution in [0.2, 0.25) is 0 Å². The number of nitrogens with one attached hydrogen (secondary N) is 1. The van der Waals surface area contributed by atoms with E-state index in [4.69, 9.17) is 0 Å². The molecule has 0 atom stereocenters. The molecule has 0 radical (unpaired) electrons. The quantitative estimate of drug-likeness (QED) is 0.914. The fourth-order valence-electron chi connectivity index (χ4n) is 2.35. The average molecular weight is 309 g/mol. The van der Waals surface area contributed by atoms with Crippen molar-refractivity contribution < 1.29 is 13.2 Å². The molecule has 0 aliphatic rings. The fraction of sp³-hybridized carbons (Fsp3) is 0.429. The van der Waals surface area contributed by atoms with Crippen molar-refractivity contribution in [1.82, 2.24) is 14.1 Å². The molecule has 0 unspecified atom stereocenters. The number of nitrogens with zero attached hydrogens (tertiary/aromatic N) is 2. The van der Waals surface area contributed by atoms with E-state index in [9.17, 15) is 13.2 Å². The van der Waals surface area contributed by atoms with Gasteiger partial charge in [0.25, 0.3) is 5.91 Å². The molecule has 21 heavy (non-hydrogen) atoms. The Bertz CT molecular complexity index is 761. The van der Waals surface area contributed by atoms with Crippen molar-refractivity contribution >= 4 is 21.4 Å². The molecule has 1 N–H and O–H groups in total. The van der Waals surface area contributed by atoms with Gasteiger partial charge in [-0.15, -0.1) is 0 Å². The standard InChI is InChI=1S/C14H19N3O3S/c1-4-11(5-2)21(19,20)16-14(18)13-12-8-6-7-9-17(12)10(3)15-13/h6-9,11H,4-5H2,1-3H3,(H,16,18). The number of amides is 1. The van der Waals surface area contributed by atoms with E-state index in [0.717, 1.165) is 0 Å². The first-order valence-electron chi connectivity index (χ1n) is 6.90. The lowest BCUT2D eigenvalue weighted by molar-refractivity contribution is 0.0978. The zero-order valence-corrected chi connectivity index (χ0v) is 13.1. The highest BCUT2D eigenvalue weighted by atomic mass is 32.2. The largest absolute Gasteiger partial charge is 0.303 e. The third-order valence-corrected chi connectivity index (χ3v) is 5.54. The molecule has 0 aliphatic heterocycles. The Kier molecular flexibility index (Phi) is 4.32. The second-order valence-corrected chi connectivity index (χ2v) is 6.84. The molecule has 0 bridgehead atoms. The molecule has 6 nitrogen and oxygen atoms in total. The smallest absolute Gasteiger partial charge is 0.285 e. The lowest BCUT2D eigenvalue weighted by atomic mass is 10.3. The molecule has 0 saturated carbocycles. The number of sulfonamides is 1. The highest BCUT2D eigenvalue weighted by molar-refractivity contribution is 7.90. The van der Waals surface area contributed by atoms with Crippen LogP contribution in [0.25, 0.3) is 5.52 Å². The minimum absolute atomic E-state index is 0.127. The number of rotatable bonds is 5. The van der Waals surface area contributed by atoms with Crippen molar-refractivity contribution in [2.24, 2.45) is 0 Å². The summed E-state index contributed by atoms with van der Waals surface area (Å²) >= 11 is 0. The van der Waals surface area contributed by atoms with Crippen LogP contribution in [0.5, 0.6) is 0 Å². The highest BCUT2D eigenvalue weighted by Crippen LogP contribution is 2.14. The van der Waals surface area contributed by atoms with E-state index in [1.54, 1.807) is 43.5 Å². The van der Waals surface area contributed by atoms with Crippen molar-refractivity contribution in [2.45, 2.75) is 38.9 Å². The fourth-order valence-corrected chi connectivity index (χ4v) is 3.75. The van der Waals surface area contributed by atoms with E-state index in [-0.39, 0.29) is 5.69 Å². The number of hydrogen-bond acceptors (Lipinski definition) is 4. The number of aryl methyl sites for hydroxylation is 1. The third-order valence-electron chi connectivity index (χ3n) is 3.52. The van der Waals surface area contributed by atoms with Crippen LogP contribution in [-0.4, -0.2) is 29.0 Å². The van der Waals surface area contributed by atoms with Crippen LogP contribution in [0.4, 0.5) is 0 Å². The summed E-state index contributed by atoms with van der Waals surface area (Å²) in [6, 6.07) is 5.34. The number of carbonyl (C=O) groups excluding carboxylic acids is 1. The van der Waals surface area contributed by atoms with Gasteiger partial charge in [-0.05, 0) is 31.9 Å². The molecule has 0 fully saturated rings. The van der Waals surface area contributed by atoms with Crippen molar-refractivity contribution in [3.63, 3.8) is 0 Å². The van der Waals surface area contributed by atoms with Gasteiger partial charge in [0, 0.05) is 6.20 Å². The van der Waals surface area contributed by atoms with Gasteiger partial charge in [0.05, 0.1) is 10.8 Å². The van der Waals surface area contributed by atoms with Gasteiger partial charge in [-0.25, -0.2) is 18.1 Å². The second kappa shape index (κ2) is 5.85. The molecule has 2 aromatic rings. The van der Waals surface area contributed by atoms with Crippen LogP contribution >= 0.6 is 0 Å². The van der Waals surface area contributed by atoms with E-state index in [1.807, 2.05) is 6.07 Å². The first-order chi connectivity index (χ1) is 9.90. The van der Waals surface area contributed by atoms with Crippen molar-refractivity contribution in [3.05, 3.63) is 35.9 Å². The Morgan fingerprint density at radius 2 is 2.00 bits per heavy atom. The van der Waals surface area contributed by atoms with Crippen LogP contribution in [0.15, 0.2) is 24.4 Å². The Hall–Kier alpha value is -1.89. The van der Waals surface area contributed by atoms with Gasteiger partial charge in [0.2, 0.25) is 10.0 Å². The predicted molar refractivity (Wildman–Crippen MR) is 80.7 cm³/mol. The zero-order valence-electron chi connectivity index (χ0n) is 12.3. The molecule has 0 spiro atoms. The molecule has 1 amide bonds. The van der Waals surface area contributed by atoms with Crippen molar-refractivity contribution in [2.75, 3.05) is 0 Å². The van der Waals surface area contributed by atoms with E-state index in [2.05, 4.69) is 9.71 Å². The highest BCUT2D eigenvalue weighted by Gasteiger charge is 2.26. The number of aromatic nitrogens is 2. The van der Waals surface area contributed by atoms with Gasteiger partial charge in [-0.3, -0.25) is 4.79 Å². The zero-order chi connectivity index (χ0) is 15.6. The van der Waals surface area contributed by atoms with Crippen molar-refractivity contribution in [3.8, 4) is 0 Å². The molecule has 0 aromatic carbocycles. The summed E-state index contributed by atoms with van der Waals surface area (Å²) in [5.74, 6) is -0.0469. The van der Waals surface area contributed by atoms with E-state index in [0.29, 0.717) is 24.2 Å². The van der Waals surface area contributed by atoms with Crippen LogP contribution in [-0.2, 0) is 10.0 Å². The predicted octanol–water partition coefficient (Wildman–Crippen LogP) is 1.89. The van der Waals surface area contributed by atoms with Gasteiger partial charge in [-0.1, -0.05) is 19.9 Å². The summed E-state index contributed by atoms with van der Waals surface area (Å²) < 4.78 is 28.2. The van der Waals surface area contributed by atoms with Crippen LogP contribution in [0, 0.1) is 6.92 Å². The Balaban J connectivity index is 2.36. The Labute approximate surface area is 124 Å². The number of carbonyl (C=O) groups is 1. The summed E-state index contributed by atoms with van der Waals surface area (Å²) in [6.45, 7) is 5.33. The number of fused-ring (bicyclic) bond motifs is 1. The lowest BCUT2D eigenvalue weighted by Gasteiger charge is -2.13. The summed E-state index contributed by atoms with van der Waals surface area (Å²) in [4.78, 5) is 16.4. The van der Waals surface area contributed by atoms with Crippen LogP contribution < -0.4 is 4.72 Å². The molecule has 2 rings (SSSR count). The minimum atomic E-state index is -3.68. The number of imidazole rings is 1. The number of hydrogen-bond donors (Lipinski definition) is 1. The monoisotopic (exact) mass is 309 g/mol. The van der Waals surface area contributed by atoms with Crippen LogP contribution in [0.3, 0.4) is 0 Å². The molecule has 0 saturated heterocycles. The second-order valence-electron chi connectivity index (χ2n) is 4.88. The summed E-state index contributed by atoms with van der Waals surface area (Å²) in [5.41, 5.74) is 0.717. The summed E-state index contributed by atoms with van der Waals surface area (Å²) in [6.07, 6.45) is 2.70. The first kappa shape index (κ1) is 15.5. The number of pyridine rings is 1. The first-order valence-corrected chi connectivity index (χ1v) is 8.45. The molecule has 2 aromatic heterocycles. The van der Waals surface area contributed by atoms with Crippen LogP contribution in [0.1, 0.15) is 43.0 Å². The maximum absolute atomic E-state index is 12.3. The van der Waals surface area contributed by atoms with E-state index in [1.165, 1.54) is 0 Å². The Morgan fingerprint density at radius 1 is 1.33 bits per heavy atom. The summed E-state index contributed by atoms with van der Waals surface area (Å²) in [5, 5.41) is -0.573. The van der Waals surface area contributed by atoms with E-state index < -0.39 is 21.2 Å². The van der Waals surface area contributed by atoms with Gasteiger partial charge in [0.1, 0.15) is 5.82 Å². The summed E-state index contributed by atoms with van der Waals surface area (Å²) in [7, 11) is -3.68. The molecule has 2 heterocycles. The van der Waals surface area contributed by atoms with E-state index >= 15 is 0 Å². The normalized spacial score (nSPS) is 12.0. The van der Waals surface area contributed by atoms with Gasteiger partial charge in [-0.2, -0.15) is 0 Å². The molecular weight excluding hydrogens is 290 g/mol. The third kappa shape index (κ3) is 2.92. The molecule has 0 aliphatic carbocycles. The lowest BCUT2D eigenvalue weighted by Crippen LogP contribution is -2.38. The Morgan fingerprint density at radius 3 is 2.62 bits per heavy atom. The molecular formula is C14H19N3O3S. The SMILES string of the molecule is CCC(CC)S(=O)(=O)NC(=O)c1nc(C)n2ccccc12. The minimum Gasteiger partial charge on any atom is -0.303 e. The molecule has 7 heteroatoms. The average Bonchev–Trinajstić information content (AvgIpc) is 2.77. The maximum Gasteiger partial charge on any atom is 0.285 e. The van der Waals surface area contributed by atoms with Gasteiger partial charge in [0.15, 0.2) is 5.69 Å². The topological polar surface area (TPSA) is 80.5 Å². The van der Waals surface area contributed by atoms with Gasteiger partial charge >= 0.3 is 0 Å². The van der Waals surface area contributed by atoms with Gasteiger partial charge < -0.3 is 4.40 Å². The van der Waals surface area contributed by atoms with Crippen molar-refractivity contribution in [1.29, 1.82) is 0 Å².